The summed E-state index contributed by atoms with van der Waals surface area (Å²) in [6.45, 7) is 2.79. The lowest BCUT2D eigenvalue weighted by molar-refractivity contribution is 0.0945. The second kappa shape index (κ2) is 10.9. The molecule has 0 aliphatic rings. The fourth-order valence-electron chi connectivity index (χ4n) is 3.33. The van der Waals surface area contributed by atoms with Crippen LogP contribution in [-0.4, -0.2) is 36.5 Å². The van der Waals surface area contributed by atoms with Gasteiger partial charge >= 0.3 is 0 Å². The second-order valence-corrected chi connectivity index (χ2v) is 7.63. The summed E-state index contributed by atoms with van der Waals surface area (Å²) in [6, 6.07) is 14.5. The van der Waals surface area contributed by atoms with Crippen molar-refractivity contribution in [3.05, 3.63) is 59.2 Å². The van der Waals surface area contributed by atoms with Gasteiger partial charge in [0.15, 0.2) is 0 Å². The Kier molecular flexibility index (Phi) is 7.95. The van der Waals surface area contributed by atoms with Crippen LogP contribution in [0.25, 0.3) is 16.9 Å². The maximum atomic E-state index is 13.0. The molecule has 1 aromatic heterocycles. The van der Waals surface area contributed by atoms with Crippen molar-refractivity contribution in [2.45, 2.75) is 32.6 Å². The van der Waals surface area contributed by atoms with Crippen LogP contribution in [0.2, 0.25) is 5.02 Å². The number of carbonyl (C=O) groups is 1. The number of nitrogens with one attached hydrogen (secondary N) is 1. The van der Waals surface area contributed by atoms with Crippen LogP contribution in [0.3, 0.4) is 0 Å². The molecule has 0 saturated carbocycles. The van der Waals surface area contributed by atoms with Gasteiger partial charge in [-0.15, -0.1) is 0 Å². The van der Waals surface area contributed by atoms with Crippen LogP contribution in [0.1, 0.15) is 43.1 Å². The third-order valence-corrected chi connectivity index (χ3v) is 5.23. The van der Waals surface area contributed by atoms with Crippen LogP contribution < -0.4 is 14.8 Å². The van der Waals surface area contributed by atoms with Gasteiger partial charge in [0.1, 0.15) is 17.2 Å². The highest BCUT2D eigenvalue weighted by Gasteiger charge is 2.20. The standard InChI is InChI=1S/C24H28ClN3O3/c1-4-5-6-7-13-26-24(29)22-16-21(20-12-11-19(30-2)15-23(20)31-3)27-28(22)18-10-8-9-17(25)14-18/h8-12,14-16H,4-7,13H2,1-3H3,(H,26,29). The molecule has 0 aliphatic heterocycles. The first-order valence-electron chi connectivity index (χ1n) is 10.4. The van der Waals surface area contributed by atoms with E-state index in [2.05, 4.69) is 12.2 Å². The van der Waals surface area contributed by atoms with Gasteiger partial charge in [-0.3, -0.25) is 4.79 Å². The smallest absolute Gasteiger partial charge is 0.270 e. The molecule has 31 heavy (non-hydrogen) atoms. The fourth-order valence-corrected chi connectivity index (χ4v) is 3.52. The summed E-state index contributed by atoms with van der Waals surface area (Å²) in [5.74, 6) is 1.12. The van der Waals surface area contributed by atoms with Gasteiger partial charge < -0.3 is 14.8 Å². The number of unbranched alkanes of at least 4 members (excludes halogenated alkanes) is 3. The van der Waals surface area contributed by atoms with E-state index < -0.39 is 0 Å². The average molecular weight is 442 g/mol. The Morgan fingerprint density at radius 2 is 1.90 bits per heavy atom. The summed E-state index contributed by atoms with van der Waals surface area (Å²) in [7, 11) is 3.20. The second-order valence-electron chi connectivity index (χ2n) is 7.19. The summed E-state index contributed by atoms with van der Waals surface area (Å²) in [6.07, 6.45) is 4.36. The number of nitrogens with zero attached hydrogens (tertiary/aromatic N) is 2. The highest BCUT2D eigenvalue weighted by Crippen LogP contribution is 2.33. The number of aromatic nitrogens is 2. The van der Waals surface area contributed by atoms with E-state index in [1.165, 1.54) is 0 Å². The van der Waals surface area contributed by atoms with Gasteiger partial charge in [0.25, 0.3) is 5.91 Å². The average Bonchev–Trinajstić information content (AvgIpc) is 3.23. The van der Waals surface area contributed by atoms with Crippen LogP contribution in [0, 0.1) is 0 Å². The third-order valence-electron chi connectivity index (χ3n) is 5.00. The number of hydrogen-bond acceptors (Lipinski definition) is 4. The number of carbonyl (C=O) groups excluding carboxylic acids is 1. The normalized spacial score (nSPS) is 10.7. The molecule has 0 fully saturated rings. The zero-order chi connectivity index (χ0) is 22.2. The van der Waals surface area contributed by atoms with E-state index in [1.807, 2.05) is 24.3 Å². The Morgan fingerprint density at radius 3 is 2.61 bits per heavy atom. The summed E-state index contributed by atoms with van der Waals surface area (Å²) in [5, 5.41) is 8.29. The molecule has 0 unspecified atom stereocenters. The zero-order valence-corrected chi connectivity index (χ0v) is 18.9. The third kappa shape index (κ3) is 5.58. The molecule has 0 spiro atoms. The highest BCUT2D eigenvalue weighted by atomic mass is 35.5. The molecular formula is C24H28ClN3O3. The van der Waals surface area contributed by atoms with Gasteiger partial charge in [-0.05, 0) is 42.8 Å². The van der Waals surface area contributed by atoms with E-state index in [4.69, 9.17) is 26.2 Å². The number of rotatable bonds is 10. The van der Waals surface area contributed by atoms with E-state index in [1.54, 1.807) is 43.2 Å². The van der Waals surface area contributed by atoms with Crippen LogP contribution in [0.5, 0.6) is 11.5 Å². The van der Waals surface area contributed by atoms with Crippen molar-refractivity contribution in [2.24, 2.45) is 0 Å². The quantitative estimate of drug-likeness (QED) is 0.421. The molecule has 0 atom stereocenters. The molecule has 0 saturated heterocycles. The molecule has 7 heteroatoms. The van der Waals surface area contributed by atoms with Gasteiger partial charge in [-0.25, -0.2) is 4.68 Å². The van der Waals surface area contributed by atoms with Gasteiger partial charge in [-0.1, -0.05) is 43.9 Å². The van der Waals surface area contributed by atoms with Gasteiger partial charge in [0, 0.05) is 23.2 Å². The minimum atomic E-state index is -0.178. The van der Waals surface area contributed by atoms with Crippen molar-refractivity contribution in [3.63, 3.8) is 0 Å². The lowest BCUT2D eigenvalue weighted by Crippen LogP contribution is -2.26. The minimum Gasteiger partial charge on any atom is -0.497 e. The predicted octanol–water partition coefficient (Wildman–Crippen LogP) is 5.52. The van der Waals surface area contributed by atoms with Gasteiger partial charge in [0.2, 0.25) is 0 Å². The molecule has 0 aliphatic carbocycles. The van der Waals surface area contributed by atoms with Crippen molar-refractivity contribution in [2.75, 3.05) is 20.8 Å². The van der Waals surface area contributed by atoms with Crippen molar-refractivity contribution >= 4 is 17.5 Å². The number of methoxy groups -OCH3 is 2. The molecule has 1 amide bonds. The zero-order valence-electron chi connectivity index (χ0n) is 18.2. The summed E-state index contributed by atoms with van der Waals surface area (Å²) in [5.41, 5.74) is 2.53. The van der Waals surface area contributed by atoms with Crippen molar-refractivity contribution in [3.8, 4) is 28.4 Å². The number of benzene rings is 2. The minimum absolute atomic E-state index is 0.178. The number of halogens is 1. The lowest BCUT2D eigenvalue weighted by atomic mass is 10.1. The van der Waals surface area contributed by atoms with Crippen LogP contribution >= 0.6 is 11.6 Å². The monoisotopic (exact) mass is 441 g/mol. The Bertz CT molecular complexity index is 1030. The SMILES string of the molecule is CCCCCCNC(=O)c1cc(-c2ccc(OC)cc2OC)nn1-c1cccc(Cl)c1. The summed E-state index contributed by atoms with van der Waals surface area (Å²) in [4.78, 5) is 13.0. The van der Waals surface area contributed by atoms with E-state index in [0.29, 0.717) is 40.1 Å². The molecule has 3 aromatic rings. The van der Waals surface area contributed by atoms with E-state index >= 15 is 0 Å². The Hall–Kier alpha value is -2.99. The number of ether oxygens (including phenoxy) is 2. The molecule has 2 aromatic carbocycles. The first-order chi connectivity index (χ1) is 15.1. The molecule has 3 rings (SSSR count). The van der Waals surface area contributed by atoms with Crippen molar-refractivity contribution in [1.29, 1.82) is 0 Å². The van der Waals surface area contributed by atoms with Gasteiger partial charge in [-0.2, -0.15) is 5.10 Å². The van der Waals surface area contributed by atoms with Gasteiger partial charge in [0.05, 0.1) is 25.6 Å². The fraction of sp³-hybridized carbons (Fsp3) is 0.333. The number of hydrogen-bond donors (Lipinski definition) is 1. The Balaban J connectivity index is 1.97. The summed E-state index contributed by atoms with van der Waals surface area (Å²) >= 11 is 6.19. The Labute approximate surface area is 188 Å². The molecule has 1 N–H and O–H groups in total. The maximum Gasteiger partial charge on any atom is 0.270 e. The molecule has 6 nitrogen and oxygen atoms in total. The lowest BCUT2D eigenvalue weighted by Gasteiger charge is -2.09. The molecule has 0 bridgehead atoms. The highest BCUT2D eigenvalue weighted by molar-refractivity contribution is 6.30. The number of amides is 1. The van der Waals surface area contributed by atoms with Crippen molar-refractivity contribution < 1.29 is 14.3 Å². The summed E-state index contributed by atoms with van der Waals surface area (Å²) < 4.78 is 12.4. The largest absolute Gasteiger partial charge is 0.497 e. The molecule has 0 radical (unpaired) electrons. The predicted molar refractivity (Wildman–Crippen MR) is 124 cm³/mol. The van der Waals surface area contributed by atoms with E-state index in [-0.39, 0.29) is 5.91 Å². The maximum absolute atomic E-state index is 13.0. The molecule has 164 valence electrons. The first-order valence-corrected chi connectivity index (χ1v) is 10.8. The van der Waals surface area contributed by atoms with Crippen LogP contribution in [0.4, 0.5) is 0 Å². The van der Waals surface area contributed by atoms with Crippen LogP contribution in [0.15, 0.2) is 48.5 Å². The van der Waals surface area contributed by atoms with Crippen molar-refractivity contribution in [1.82, 2.24) is 15.1 Å². The topological polar surface area (TPSA) is 65.4 Å². The first kappa shape index (κ1) is 22.7. The molecule has 1 heterocycles. The van der Waals surface area contributed by atoms with E-state index in [9.17, 15) is 4.79 Å². The van der Waals surface area contributed by atoms with E-state index in [0.717, 1.165) is 31.2 Å². The Morgan fingerprint density at radius 1 is 1.06 bits per heavy atom. The molecular weight excluding hydrogens is 414 g/mol. The van der Waals surface area contributed by atoms with Crippen LogP contribution in [-0.2, 0) is 0 Å².